The van der Waals surface area contributed by atoms with Crippen LogP contribution in [0.1, 0.15) is 0 Å². The molecule has 3 aromatic rings. The van der Waals surface area contributed by atoms with Crippen LogP contribution in [0.5, 0.6) is 0 Å². The molecule has 1 heterocycles. The highest BCUT2D eigenvalue weighted by Crippen LogP contribution is 2.25. The predicted molar refractivity (Wildman–Crippen MR) is 75.9 cm³/mol. The second-order valence-electron chi connectivity index (χ2n) is 4.03. The first-order chi connectivity index (χ1) is 9.20. The summed E-state index contributed by atoms with van der Waals surface area (Å²) in [5, 5.41) is 5.07. The zero-order valence-corrected chi connectivity index (χ0v) is 10.3. The molecule has 2 aromatic carbocycles. The van der Waals surface area contributed by atoms with Gasteiger partial charge in [-0.3, -0.25) is 4.79 Å². The summed E-state index contributed by atoms with van der Waals surface area (Å²) in [5.41, 5.74) is 9.99. The average Bonchev–Trinajstić information content (AvgIpc) is 2.41. The predicted octanol–water partition coefficient (Wildman–Crippen LogP) is 4.28. The number of rotatable bonds is 1. The zero-order chi connectivity index (χ0) is 13.4. The van der Waals surface area contributed by atoms with Crippen LogP contribution < -0.4 is 5.43 Å². The fourth-order valence-corrected chi connectivity index (χ4v) is 2.26. The number of hydrogen-bond acceptors (Lipinski definition) is 2. The lowest BCUT2D eigenvalue weighted by molar-refractivity contribution is 1.43. The third kappa shape index (κ3) is 1.81. The van der Waals surface area contributed by atoms with Gasteiger partial charge in [0, 0.05) is 26.2 Å². The van der Waals surface area contributed by atoms with Gasteiger partial charge in [0.15, 0.2) is 5.43 Å². The molecule has 0 saturated carbocycles. The number of fused-ring (bicyclic) bond motifs is 2. The maximum atomic E-state index is 12.4. The van der Waals surface area contributed by atoms with E-state index >= 15 is 0 Å². The van der Waals surface area contributed by atoms with Gasteiger partial charge in [-0.1, -0.05) is 28.8 Å². The molecule has 5 nitrogen and oxygen atoms in total. The molecule has 0 atom stereocenters. The molecule has 1 aromatic heterocycles. The number of aromatic amines is 1. The standard InChI is InChI=1S/C13H7ClN4O/c14-7-4-5-10-9(6-7)13(19)8-2-1-3-11(17-18-15)12(8)16-10/h1-6H,(H,16,19). The molecule has 0 radical (unpaired) electrons. The van der Waals surface area contributed by atoms with Crippen molar-refractivity contribution in [1.82, 2.24) is 4.98 Å². The lowest BCUT2D eigenvalue weighted by Crippen LogP contribution is -2.03. The van der Waals surface area contributed by atoms with Crippen LogP contribution in [-0.4, -0.2) is 4.98 Å². The van der Waals surface area contributed by atoms with Crippen molar-refractivity contribution < 1.29 is 0 Å². The Hall–Kier alpha value is -2.49. The lowest BCUT2D eigenvalue weighted by Gasteiger charge is -2.05. The van der Waals surface area contributed by atoms with E-state index in [-0.39, 0.29) is 5.43 Å². The van der Waals surface area contributed by atoms with Crippen molar-refractivity contribution in [3.05, 3.63) is 62.1 Å². The number of H-pyrrole nitrogens is 1. The lowest BCUT2D eigenvalue weighted by atomic mass is 10.1. The van der Waals surface area contributed by atoms with Crippen LogP contribution in [0, 0.1) is 0 Å². The van der Waals surface area contributed by atoms with Gasteiger partial charge in [-0.15, -0.1) is 0 Å². The Morgan fingerprint density at radius 3 is 2.84 bits per heavy atom. The largest absolute Gasteiger partial charge is 0.354 e. The fraction of sp³-hybridized carbons (Fsp3) is 0. The highest BCUT2D eigenvalue weighted by molar-refractivity contribution is 6.31. The van der Waals surface area contributed by atoms with E-state index in [2.05, 4.69) is 15.0 Å². The quantitative estimate of drug-likeness (QED) is 0.304. The molecule has 0 fully saturated rings. The number of pyridine rings is 1. The van der Waals surface area contributed by atoms with Gasteiger partial charge in [-0.2, -0.15) is 0 Å². The number of aromatic nitrogens is 1. The molecule has 0 aliphatic heterocycles. The molecule has 0 amide bonds. The normalized spacial score (nSPS) is 10.6. The Kier molecular flexibility index (Phi) is 2.63. The Morgan fingerprint density at radius 1 is 1.21 bits per heavy atom. The molecule has 3 rings (SSSR count). The summed E-state index contributed by atoms with van der Waals surface area (Å²) in [6, 6.07) is 10.1. The van der Waals surface area contributed by atoms with Crippen molar-refractivity contribution in [3.63, 3.8) is 0 Å². The van der Waals surface area contributed by atoms with Gasteiger partial charge in [0.25, 0.3) is 0 Å². The molecule has 1 N–H and O–H groups in total. The SMILES string of the molecule is [N-]=[N+]=Nc1cccc2c(=O)c3cc(Cl)ccc3[nH]c12. The Morgan fingerprint density at radius 2 is 2.05 bits per heavy atom. The van der Waals surface area contributed by atoms with E-state index in [9.17, 15) is 4.79 Å². The number of nitrogens with zero attached hydrogens (tertiary/aromatic N) is 3. The van der Waals surface area contributed by atoms with Gasteiger partial charge < -0.3 is 4.98 Å². The molecule has 0 saturated heterocycles. The van der Waals surface area contributed by atoms with Gasteiger partial charge in [-0.05, 0) is 29.8 Å². The minimum absolute atomic E-state index is 0.138. The van der Waals surface area contributed by atoms with Gasteiger partial charge >= 0.3 is 0 Å². The molecular formula is C13H7ClN4O. The van der Waals surface area contributed by atoms with Gasteiger partial charge in [-0.25, -0.2) is 0 Å². The summed E-state index contributed by atoms with van der Waals surface area (Å²) in [7, 11) is 0. The summed E-state index contributed by atoms with van der Waals surface area (Å²) >= 11 is 5.90. The van der Waals surface area contributed by atoms with Crippen molar-refractivity contribution in [2.45, 2.75) is 0 Å². The van der Waals surface area contributed by atoms with Gasteiger partial charge in [0.2, 0.25) is 0 Å². The van der Waals surface area contributed by atoms with Gasteiger partial charge in [0.05, 0.1) is 11.2 Å². The minimum atomic E-state index is -0.138. The third-order valence-corrected chi connectivity index (χ3v) is 3.16. The van der Waals surface area contributed by atoms with E-state index in [1.807, 2.05) is 0 Å². The van der Waals surface area contributed by atoms with Crippen molar-refractivity contribution in [1.29, 1.82) is 0 Å². The van der Waals surface area contributed by atoms with E-state index in [1.165, 1.54) is 0 Å². The highest BCUT2D eigenvalue weighted by atomic mass is 35.5. The molecule has 0 aliphatic rings. The van der Waals surface area contributed by atoms with E-state index in [1.54, 1.807) is 36.4 Å². The summed E-state index contributed by atoms with van der Waals surface area (Å²) < 4.78 is 0. The van der Waals surface area contributed by atoms with Crippen molar-refractivity contribution in [2.24, 2.45) is 5.11 Å². The average molecular weight is 271 g/mol. The second kappa shape index (κ2) is 4.31. The Bertz CT molecular complexity index is 910. The maximum absolute atomic E-state index is 12.4. The number of hydrogen-bond donors (Lipinski definition) is 1. The molecular weight excluding hydrogens is 264 g/mol. The van der Waals surface area contributed by atoms with Crippen LogP contribution in [-0.2, 0) is 0 Å². The van der Waals surface area contributed by atoms with Crippen LogP contribution in [0.25, 0.3) is 32.2 Å². The first-order valence-electron chi connectivity index (χ1n) is 5.50. The monoisotopic (exact) mass is 270 g/mol. The van der Waals surface area contributed by atoms with E-state index in [4.69, 9.17) is 17.1 Å². The van der Waals surface area contributed by atoms with Crippen molar-refractivity contribution in [3.8, 4) is 0 Å². The van der Waals surface area contributed by atoms with Crippen LogP contribution >= 0.6 is 11.6 Å². The molecule has 6 heteroatoms. The number of azide groups is 1. The molecule has 0 spiro atoms. The van der Waals surface area contributed by atoms with Gasteiger partial charge in [0.1, 0.15) is 0 Å². The Labute approximate surface area is 112 Å². The first kappa shape index (κ1) is 11.6. The second-order valence-corrected chi connectivity index (χ2v) is 4.47. The van der Waals surface area contributed by atoms with E-state index in [0.717, 1.165) is 0 Å². The molecule has 0 aliphatic carbocycles. The van der Waals surface area contributed by atoms with E-state index < -0.39 is 0 Å². The molecule has 92 valence electrons. The van der Waals surface area contributed by atoms with Crippen LogP contribution in [0.2, 0.25) is 5.02 Å². The smallest absolute Gasteiger partial charge is 0.197 e. The highest BCUT2D eigenvalue weighted by Gasteiger charge is 2.08. The Balaban J connectivity index is 2.57. The minimum Gasteiger partial charge on any atom is -0.354 e. The molecule has 0 bridgehead atoms. The van der Waals surface area contributed by atoms with E-state index in [0.29, 0.717) is 32.5 Å². The first-order valence-corrected chi connectivity index (χ1v) is 5.88. The zero-order valence-electron chi connectivity index (χ0n) is 9.59. The van der Waals surface area contributed by atoms with Crippen LogP contribution in [0.4, 0.5) is 5.69 Å². The van der Waals surface area contributed by atoms with Crippen molar-refractivity contribution >= 4 is 39.1 Å². The number of nitrogens with one attached hydrogen (secondary N) is 1. The summed E-state index contributed by atoms with van der Waals surface area (Å²) in [5.74, 6) is 0. The van der Waals surface area contributed by atoms with Crippen LogP contribution in [0.15, 0.2) is 46.3 Å². The third-order valence-electron chi connectivity index (χ3n) is 2.93. The molecule has 0 unspecified atom stereocenters. The topological polar surface area (TPSA) is 81.6 Å². The summed E-state index contributed by atoms with van der Waals surface area (Å²) in [6.07, 6.45) is 0. The fourth-order valence-electron chi connectivity index (χ4n) is 2.09. The maximum Gasteiger partial charge on any atom is 0.197 e. The van der Waals surface area contributed by atoms with Crippen molar-refractivity contribution in [2.75, 3.05) is 0 Å². The number of benzene rings is 2. The van der Waals surface area contributed by atoms with Crippen LogP contribution in [0.3, 0.4) is 0 Å². The molecule has 19 heavy (non-hydrogen) atoms. The summed E-state index contributed by atoms with van der Waals surface area (Å²) in [4.78, 5) is 18.3. The number of halogens is 1. The number of para-hydroxylation sites is 1. The summed E-state index contributed by atoms with van der Waals surface area (Å²) in [6.45, 7) is 0.